The number of nitrogens with one attached hydrogen (secondary N) is 1. The highest BCUT2D eigenvalue weighted by Crippen LogP contribution is 2.14. The first kappa shape index (κ1) is 9.21. The van der Waals surface area contributed by atoms with E-state index in [9.17, 15) is 4.79 Å². The minimum atomic E-state index is -0.452. The number of fused-ring (bicyclic) bond motifs is 1. The number of carbonyl (C=O) groups excluding carboxylic acids is 1. The number of esters is 1. The van der Waals surface area contributed by atoms with Gasteiger partial charge in [0.05, 0.1) is 23.7 Å². The van der Waals surface area contributed by atoms with Crippen molar-refractivity contribution in [3.8, 4) is 6.07 Å². The highest BCUT2D eigenvalue weighted by molar-refractivity contribution is 5.93. The molecule has 0 radical (unpaired) electrons. The minimum Gasteiger partial charge on any atom is -0.464 e. The lowest BCUT2D eigenvalue weighted by molar-refractivity contribution is 0.0595. The fourth-order valence-electron chi connectivity index (χ4n) is 1.29. The quantitative estimate of drug-likeness (QED) is 0.703. The van der Waals surface area contributed by atoms with Gasteiger partial charge >= 0.3 is 5.97 Å². The Balaban J connectivity index is 2.57. The molecule has 0 fully saturated rings. The fraction of sp³-hybridized carbons (Fsp3) is 0.100. The highest BCUT2D eigenvalue weighted by Gasteiger charge is 2.10. The van der Waals surface area contributed by atoms with Gasteiger partial charge in [-0.25, -0.2) is 4.79 Å². The summed E-state index contributed by atoms with van der Waals surface area (Å²) in [5.41, 5.74) is 2.06. The number of hydrogen-bond donors (Lipinski definition) is 1. The first-order chi connectivity index (χ1) is 7.24. The molecule has 0 aliphatic heterocycles. The number of H-pyrrole nitrogens is 1. The third-order valence-electron chi connectivity index (χ3n) is 2.00. The summed E-state index contributed by atoms with van der Waals surface area (Å²) in [6, 6.07) is 5.19. The molecule has 2 aromatic heterocycles. The Morgan fingerprint density at radius 3 is 3.07 bits per heavy atom. The van der Waals surface area contributed by atoms with Crippen LogP contribution < -0.4 is 0 Å². The largest absolute Gasteiger partial charge is 0.464 e. The van der Waals surface area contributed by atoms with Crippen LogP contribution in [-0.2, 0) is 4.74 Å². The van der Waals surface area contributed by atoms with E-state index < -0.39 is 5.97 Å². The summed E-state index contributed by atoms with van der Waals surface area (Å²) in [5.74, 6) is -0.452. The van der Waals surface area contributed by atoms with E-state index in [1.54, 1.807) is 12.1 Å². The number of nitrogens with zero attached hydrogens (tertiary/aromatic N) is 2. The molecule has 5 heteroatoms. The molecule has 0 saturated heterocycles. The van der Waals surface area contributed by atoms with E-state index in [4.69, 9.17) is 5.26 Å². The number of aromatic nitrogens is 2. The first-order valence-corrected chi connectivity index (χ1v) is 4.22. The fourth-order valence-corrected chi connectivity index (χ4v) is 1.29. The van der Waals surface area contributed by atoms with Crippen molar-refractivity contribution in [2.45, 2.75) is 0 Å². The Bertz CT molecular complexity index is 566. The van der Waals surface area contributed by atoms with Crippen LogP contribution in [0.25, 0.3) is 11.0 Å². The number of carbonyl (C=O) groups is 1. The maximum Gasteiger partial charge on any atom is 0.354 e. The molecule has 2 rings (SSSR count). The van der Waals surface area contributed by atoms with Gasteiger partial charge in [0.15, 0.2) is 0 Å². The van der Waals surface area contributed by atoms with Crippen molar-refractivity contribution in [1.82, 2.24) is 9.97 Å². The lowest BCUT2D eigenvalue weighted by Crippen LogP contribution is -2.00. The first-order valence-electron chi connectivity index (χ1n) is 4.22. The Labute approximate surface area is 85.3 Å². The van der Waals surface area contributed by atoms with Crippen LogP contribution in [-0.4, -0.2) is 23.0 Å². The molecule has 0 saturated carbocycles. The number of rotatable bonds is 1. The van der Waals surface area contributed by atoms with Gasteiger partial charge in [0, 0.05) is 6.20 Å². The number of hydrogen-bond acceptors (Lipinski definition) is 4. The van der Waals surface area contributed by atoms with Crippen LogP contribution >= 0.6 is 0 Å². The number of ether oxygens (including phenoxy) is 1. The number of pyridine rings is 1. The van der Waals surface area contributed by atoms with Crippen LogP contribution in [0.4, 0.5) is 0 Å². The second-order valence-electron chi connectivity index (χ2n) is 2.94. The molecule has 0 aliphatic carbocycles. The predicted molar refractivity (Wildman–Crippen MR) is 52.1 cm³/mol. The predicted octanol–water partition coefficient (Wildman–Crippen LogP) is 1.22. The number of nitriles is 1. The van der Waals surface area contributed by atoms with Gasteiger partial charge in [0.25, 0.3) is 0 Å². The molecule has 0 unspecified atom stereocenters. The van der Waals surface area contributed by atoms with E-state index in [-0.39, 0.29) is 0 Å². The Kier molecular flexibility index (Phi) is 2.10. The molecule has 74 valence electrons. The van der Waals surface area contributed by atoms with Crippen molar-refractivity contribution in [1.29, 1.82) is 5.26 Å². The second kappa shape index (κ2) is 3.42. The molecule has 0 spiro atoms. The molecule has 0 atom stereocenters. The summed E-state index contributed by atoms with van der Waals surface area (Å²) in [7, 11) is 1.31. The molecule has 1 N–H and O–H groups in total. The van der Waals surface area contributed by atoms with Gasteiger partial charge < -0.3 is 9.72 Å². The third-order valence-corrected chi connectivity index (χ3v) is 2.00. The zero-order valence-corrected chi connectivity index (χ0v) is 7.94. The normalized spacial score (nSPS) is 9.87. The molecule has 0 amide bonds. The van der Waals surface area contributed by atoms with Gasteiger partial charge in [-0.2, -0.15) is 5.26 Å². The maximum absolute atomic E-state index is 11.2. The Morgan fingerprint density at radius 2 is 2.40 bits per heavy atom. The van der Waals surface area contributed by atoms with Crippen molar-refractivity contribution in [2.24, 2.45) is 0 Å². The van der Waals surface area contributed by atoms with E-state index in [1.165, 1.54) is 13.3 Å². The summed E-state index contributed by atoms with van der Waals surface area (Å²) in [6.07, 6.45) is 1.46. The summed E-state index contributed by atoms with van der Waals surface area (Å²) in [4.78, 5) is 18.1. The van der Waals surface area contributed by atoms with Gasteiger partial charge in [0.2, 0.25) is 0 Å². The second-order valence-corrected chi connectivity index (χ2v) is 2.94. The number of methoxy groups -OCH3 is 1. The molecule has 2 heterocycles. The van der Waals surface area contributed by atoms with Crippen molar-refractivity contribution < 1.29 is 9.53 Å². The van der Waals surface area contributed by atoms with Gasteiger partial charge in [-0.1, -0.05) is 0 Å². The van der Waals surface area contributed by atoms with Crippen LogP contribution in [0.2, 0.25) is 0 Å². The van der Waals surface area contributed by atoms with E-state index >= 15 is 0 Å². The Morgan fingerprint density at radius 1 is 1.60 bits per heavy atom. The molecule has 15 heavy (non-hydrogen) atoms. The van der Waals surface area contributed by atoms with E-state index in [2.05, 4.69) is 14.7 Å². The van der Waals surface area contributed by atoms with E-state index in [1.807, 2.05) is 6.07 Å². The van der Waals surface area contributed by atoms with Crippen molar-refractivity contribution in [2.75, 3.05) is 7.11 Å². The monoisotopic (exact) mass is 201 g/mol. The van der Waals surface area contributed by atoms with Gasteiger partial charge in [0.1, 0.15) is 11.8 Å². The SMILES string of the molecule is COC(=O)c1cc2ncc(C#N)cc2[nH]1. The summed E-state index contributed by atoms with van der Waals surface area (Å²) in [6.45, 7) is 0. The molecule has 0 aliphatic rings. The number of aromatic amines is 1. The minimum absolute atomic E-state index is 0.329. The van der Waals surface area contributed by atoms with Crippen LogP contribution in [0.1, 0.15) is 16.1 Å². The van der Waals surface area contributed by atoms with Gasteiger partial charge in [-0.15, -0.1) is 0 Å². The standard InChI is InChI=1S/C10H7N3O2/c1-15-10(14)9-3-7-8(13-9)2-6(4-11)5-12-7/h2-3,5,13H,1H3. The summed E-state index contributed by atoms with van der Waals surface area (Å²) in [5, 5.41) is 8.66. The van der Waals surface area contributed by atoms with Crippen LogP contribution in [0.3, 0.4) is 0 Å². The lowest BCUT2D eigenvalue weighted by atomic mass is 10.3. The molecular weight excluding hydrogens is 194 g/mol. The van der Waals surface area contributed by atoms with E-state index in [0.717, 1.165) is 0 Å². The molecule has 0 bridgehead atoms. The van der Waals surface area contributed by atoms with Crippen LogP contribution in [0.15, 0.2) is 18.3 Å². The molecule has 5 nitrogen and oxygen atoms in total. The average Bonchev–Trinajstić information content (AvgIpc) is 2.70. The van der Waals surface area contributed by atoms with Crippen molar-refractivity contribution >= 4 is 17.0 Å². The van der Waals surface area contributed by atoms with Crippen molar-refractivity contribution in [3.63, 3.8) is 0 Å². The molecular formula is C10H7N3O2. The average molecular weight is 201 g/mol. The van der Waals surface area contributed by atoms with Crippen LogP contribution in [0.5, 0.6) is 0 Å². The van der Waals surface area contributed by atoms with Gasteiger partial charge in [-0.3, -0.25) is 4.98 Å². The Hall–Kier alpha value is -2.35. The van der Waals surface area contributed by atoms with Crippen molar-refractivity contribution in [3.05, 3.63) is 29.6 Å². The van der Waals surface area contributed by atoms with Gasteiger partial charge in [-0.05, 0) is 12.1 Å². The topological polar surface area (TPSA) is 78.8 Å². The van der Waals surface area contributed by atoms with E-state index in [0.29, 0.717) is 22.3 Å². The molecule has 2 aromatic rings. The highest BCUT2D eigenvalue weighted by atomic mass is 16.5. The molecule has 0 aromatic carbocycles. The third kappa shape index (κ3) is 1.53. The summed E-state index contributed by atoms with van der Waals surface area (Å²) < 4.78 is 4.56. The maximum atomic E-state index is 11.2. The summed E-state index contributed by atoms with van der Waals surface area (Å²) >= 11 is 0. The zero-order valence-electron chi connectivity index (χ0n) is 7.94. The zero-order chi connectivity index (χ0) is 10.8. The van der Waals surface area contributed by atoms with Crippen LogP contribution in [0, 0.1) is 11.3 Å². The lowest BCUT2D eigenvalue weighted by Gasteiger charge is -1.92. The smallest absolute Gasteiger partial charge is 0.354 e.